The highest BCUT2D eigenvalue weighted by Crippen LogP contribution is 2.19. The fourth-order valence-electron chi connectivity index (χ4n) is 2.05. The molecule has 3 rings (SSSR count). The van der Waals surface area contributed by atoms with E-state index in [2.05, 4.69) is 21.2 Å². The summed E-state index contributed by atoms with van der Waals surface area (Å²) in [6.45, 7) is -0.387. The van der Waals surface area contributed by atoms with E-state index in [1.165, 1.54) is 0 Å². The third kappa shape index (κ3) is 3.78. The minimum atomic E-state index is -0.675. The molecule has 2 aromatic carbocycles. The molecule has 0 fully saturated rings. The molecule has 0 radical (unpaired) electrons. The summed E-state index contributed by atoms with van der Waals surface area (Å²) >= 11 is 3.31. The van der Waals surface area contributed by atoms with Crippen molar-refractivity contribution in [2.45, 2.75) is 0 Å². The van der Waals surface area contributed by atoms with E-state index in [0.29, 0.717) is 11.3 Å². The maximum Gasteiger partial charge on any atom is 0.374 e. The smallest absolute Gasteiger partial charge is 0.374 e. The molecule has 0 unspecified atom stereocenters. The van der Waals surface area contributed by atoms with Crippen LogP contribution in [0, 0.1) is 0 Å². The van der Waals surface area contributed by atoms with Gasteiger partial charge in [-0.05, 0) is 30.3 Å². The van der Waals surface area contributed by atoms with Gasteiger partial charge < -0.3 is 14.5 Å². The third-order valence-electron chi connectivity index (χ3n) is 3.07. The summed E-state index contributed by atoms with van der Waals surface area (Å²) in [6.07, 6.45) is 0. The highest BCUT2D eigenvalue weighted by molar-refractivity contribution is 9.10. The molecule has 0 aliphatic carbocycles. The molecule has 3 aromatic rings. The molecular formula is C17H12BrNO4. The van der Waals surface area contributed by atoms with Crippen LogP contribution in [-0.2, 0) is 9.53 Å². The number of rotatable bonds is 4. The summed E-state index contributed by atoms with van der Waals surface area (Å²) in [4.78, 5) is 23.7. The molecule has 116 valence electrons. The lowest BCUT2D eigenvalue weighted by molar-refractivity contribution is -0.119. The molecule has 0 aliphatic rings. The number of furan rings is 1. The number of para-hydroxylation sites is 1. The van der Waals surface area contributed by atoms with Gasteiger partial charge in [0.25, 0.3) is 5.91 Å². The van der Waals surface area contributed by atoms with Gasteiger partial charge >= 0.3 is 5.97 Å². The lowest BCUT2D eigenvalue weighted by atomic mass is 10.2. The maximum absolute atomic E-state index is 11.9. The number of amides is 1. The topological polar surface area (TPSA) is 68.5 Å². The maximum atomic E-state index is 11.9. The molecule has 1 amide bonds. The summed E-state index contributed by atoms with van der Waals surface area (Å²) < 4.78 is 11.2. The number of carbonyl (C=O) groups excluding carboxylic acids is 2. The number of hydrogen-bond donors (Lipinski definition) is 1. The molecule has 6 heteroatoms. The van der Waals surface area contributed by atoms with E-state index in [0.717, 1.165) is 9.86 Å². The van der Waals surface area contributed by atoms with Crippen LogP contribution < -0.4 is 5.32 Å². The molecule has 0 aliphatic heterocycles. The van der Waals surface area contributed by atoms with Crippen molar-refractivity contribution in [1.29, 1.82) is 0 Å². The van der Waals surface area contributed by atoms with Crippen LogP contribution in [0.25, 0.3) is 11.0 Å². The monoisotopic (exact) mass is 373 g/mol. The van der Waals surface area contributed by atoms with E-state index in [-0.39, 0.29) is 12.4 Å². The Hall–Kier alpha value is -2.60. The number of hydrogen-bond acceptors (Lipinski definition) is 4. The number of esters is 1. The molecule has 5 nitrogen and oxygen atoms in total. The molecule has 1 N–H and O–H groups in total. The zero-order valence-corrected chi connectivity index (χ0v) is 13.5. The number of nitrogens with one attached hydrogen (secondary N) is 1. The van der Waals surface area contributed by atoms with Crippen LogP contribution in [0.4, 0.5) is 5.69 Å². The van der Waals surface area contributed by atoms with E-state index < -0.39 is 11.9 Å². The fourth-order valence-corrected chi connectivity index (χ4v) is 2.45. The normalized spacial score (nSPS) is 10.5. The Bertz CT molecular complexity index is 839. The first-order valence-corrected chi connectivity index (χ1v) is 7.62. The second-order valence-corrected chi connectivity index (χ2v) is 5.70. The van der Waals surface area contributed by atoms with Crippen LogP contribution in [0.5, 0.6) is 0 Å². The number of ether oxygens (including phenoxy) is 1. The van der Waals surface area contributed by atoms with Crippen LogP contribution >= 0.6 is 15.9 Å². The molecule has 0 saturated carbocycles. The third-order valence-corrected chi connectivity index (χ3v) is 3.56. The van der Waals surface area contributed by atoms with Gasteiger partial charge in [-0.2, -0.15) is 0 Å². The van der Waals surface area contributed by atoms with Crippen molar-refractivity contribution in [3.8, 4) is 0 Å². The molecular weight excluding hydrogens is 362 g/mol. The average Bonchev–Trinajstić information content (AvgIpc) is 2.97. The first kappa shape index (κ1) is 15.3. The minimum Gasteiger partial charge on any atom is -0.450 e. The van der Waals surface area contributed by atoms with Crippen molar-refractivity contribution in [2.24, 2.45) is 0 Å². The first-order chi connectivity index (χ1) is 11.1. The van der Waals surface area contributed by atoms with Gasteiger partial charge in [0.05, 0.1) is 0 Å². The van der Waals surface area contributed by atoms with Gasteiger partial charge in [-0.1, -0.05) is 40.2 Å². The van der Waals surface area contributed by atoms with Gasteiger partial charge in [0.2, 0.25) is 5.76 Å². The van der Waals surface area contributed by atoms with Gasteiger partial charge in [0, 0.05) is 15.5 Å². The predicted octanol–water partition coefficient (Wildman–Crippen LogP) is 3.99. The highest BCUT2D eigenvalue weighted by atomic mass is 79.9. The van der Waals surface area contributed by atoms with E-state index in [4.69, 9.17) is 9.15 Å². The second kappa shape index (κ2) is 6.66. The standard InChI is InChI=1S/C17H12BrNO4/c18-12-5-3-6-13(9-12)19-16(20)10-22-17(21)15-8-11-4-1-2-7-14(11)23-15/h1-9H,10H2,(H,19,20). The van der Waals surface area contributed by atoms with Crippen molar-refractivity contribution in [1.82, 2.24) is 0 Å². The number of benzene rings is 2. The zero-order chi connectivity index (χ0) is 16.2. The summed E-state index contributed by atoms with van der Waals surface area (Å²) in [5, 5.41) is 3.44. The Labute approximate surface area is 140 Å². The van der Waals surface area contributed by atoms with Gasteiger partial charge in [-0.25, -0.2) is 4.79 Å². The van der Waals surface area contributed by atoms with Crippen LogP contribution in [0.15, 0.2) is 63.5 Å². The molecule has 1 aromatic heterocycles. The molecule has 1 heterocycles. The summed E-state index contributed by atoms with van der Waals surface area (Å²) in [6, 6.07) is 16.0. The molecule has 0 bridgehead atoms. The largest absolute Gasteiger partial charge is 0.450 e. The Morgan fingerprint density at radius 2 is 1.91 bits per heavy atom. The van der Waals surface area contributed by atoms with E-state index in [1.807, 2.05) is 24.3 Å². The minimum absolute atomic E-state index is 0.0708. The van der Waals surface area contributed by atoms with E-state index in [9.17, 15) is 9.59 Å². The van der Waals surface area contributed by atoms with Crippen LogP contribution in [0.1, 0.15) is 10.6 Å². The Balaban J connectivity index is 1.59. The van der Waals surface area contributed by atoms with Gasteiger partial charge in [0.1, 0.15) is 5.58 Å². The molecule has 23 heavy (non-hydrogen) atoms. The SMILES string of the molecule is O=C(COC(=O)c1cc2ccccc2o1)Nc1cccc(Br)c1. The van der Waals surface area contributed by atoms with Crippen LogP contribution in [0.2, 0.25) is 0 Å². The van der Waals surface area contributed by atoms with Crippen molar-refractivity contribution >= 4 is 44.5 Å². The van der Waals surface area contributed by atoms with Crippen molar-refractivity contribution in [3.63, 3.8) is 0 Å². The highest BCUT2D eigenvalue weighted by Gasteiger charge is 2.15. The Morgan fingerprint density at radius 1 is 1.09 bits per heavy atom. The van der Waals surface area contributed by atoms with Gasteiger partial charge in [0.15, 0.2) is 6.61 Å². The average molecular weight is 374 g/mol. The van der Waals surface area contributed by atoms with Crippen LogP contribution in [0.3, 0.4) is 0 Å². The summed E-state index contributed by atoms with van der Waals surface area (Å²) in [5.41, 5.74) is 1.21. The van der Waals surface area contributed by atoms with Crippen LogP contribution in [-0.4, -0.2) is 18.5 Å². The zero-order valence-electron chi connectivity index (χ0n) is 11.9. The van der Waals surface area contributed by atoms with E-state index in [1.54, 1.807) is 30.3 Å². The van der Waals surface area contributed by atoms with Crippen molar-refractivity contribution in [3.05, 3.63) is 64.8 Å². The molecule has 0 saturated heterocycles. The lowest BCUT2D eigenvalue weighted by Gasteiger charge is -2.05. The van der Waals surface area contributed by atoms with E-state index >= 15 is 0 Å². The van der Waals surface area contributed by atoms with Crippen molar-refractivity contribution < 1.29 is 18.7 Å². The number of fused-ring (bicyclic) bond motifs is 1. The number of anilines is 1. The Morgan fingerprint density at radius 3 is 2.70 bits per heavy atom. The van der Waals surface area contributed by atoms with Crippen molar-refractivity contribution in [2.75, 3.05) is 11.9 Å². The lowest BCUT2D eigenvalue weighted by Crippen LogP contribution is -2.20. The summed E-state index contributed by atoms with van der Waals surface area (Å²) in [7, 11) is 0. The van der Waals surface area contributed by atoms with Gasteiger partial charge in [-0.15, -0.1) is 0 Å². The first-order valence-electron chi connectivity index (χ1n) is 6.83. The number of carbonyl (C=O) groups is 2. The second-order valence-electron chi connectivity index (χ2n) is 4.78. The quantitative estimate of drug-likeness (QED) is 0.702. The predicted molar refractivity (Wildman–Crippen MR) is 89.3 cm³/mol. The number of halogens is 1. The summed E-state index contributed by atoms with van der Waals surface area (Å²) in [5.74, 6) is -1.03. The fraction of sp³-hybridized carbons (Fsp3) is 0.0588. The molecule has 0 atom stereocenters. The molecule has 0 spiro atoms. The van der Waals surface area contributed by atoms with Gasteiger partial charge in [-0.3, -0.25) is 4.79 Å². The Kier molecular flexibility index (Phi) is 4.43.